The molecule has 1 aromatic heterocycles. The van der Waals surface area contributed by atoms with Crippen molar-refractivity contribution in [1.29, 1.82) is 0 Å². The van der Waals surface area contributed by atoms with E-state index in [1.807, 2.05) is 41.0 Å². The van der Waals surface area contributed by atoms with E-state index < -0.39 is 0 Å². The molecule has 15 heavy (non-hydrogen) atoms. The van der Waals surface area contributed by atoms with Gasteiger partial charge < -0.3 is 9.64 Å². The number of hydrogen-bond donors (Lipinski definition) is 0. The van der Waals surface area contributed by atoms with Gasteiger partial charge in [-0.2, -0.15) is 0 Å². The van der Waals surface area contributed by atoms with Gasteiger partial charge in [0.1, 0.15) is 12.6 Å². The molecule has 0 radical (unpaired) electrons. The second-order valence-electron chi connectivity index (χ2n) is 3.66. The third-order valence-corrected chi connectivity index (χ3v) is 2.48. The molecule has 0 unspecified atom stereocenters. The molecule has 1 aliphatic heterocycles. The lowest BCUT2D eigenvalue weighted by atomic mass is 10.2. The Hall–Kier alpha value is -1.42. The number of pyridine rings is 1. The van der Waals surface area contributed by atoms with Crippen molar-refractivity contribution in [3.63, 3.8) is 0 Å². The van der Waals surface area contributed by atoms with Crippen LogP contribution in [0.25, 0.3) is 0 Å². The third kappa shape index (κ3) is 2.33. The molecule has 0 atom stereocenters. The standard InChI is InChI=1S/C11H15N2O2/c1-12-4-2-3-10(9-12)11(14)13-5-7-15-8-6-13/h2-4,9H,5-8H2,1H3/q+1. The Bertz CT molecular complexity index is 359. The summed E-state index contributed by atoms with van der Waals surface area (Å²) >= 11 is 0. The molecule has 1 aliphatic rings. The molecule has 80 valence electrons. The van der Waals surface area contributed by atoms with Crippen molar-refractivity contribution in [3.8, 4) is 0 Å². The van der Waals surface area contributed by atoms with Gasteiger partial charge in [-0.1, -0.05) is 0 Å². The van der Waals surface area contributed by atoms with Crippen LogP contribution in [-0.2, 0) is 11.8 Å². The lowest BCUT2D eigenvalue weighted by molar-refractivity contribution is -0.671. The lowest BCUT2D eigenvalue weighted by Crippen LogP contribution is -2.41. The van der Waals surface area contributed by atoms with Crippen molar-refractivity contribution in [2.45, 2.75) is 0 Å². The summed E-state index contributed by atoms with van der Waals surface area (Å²) in [6, 6.07) is 3.73. The summed E-state index contributed by atoms with van der Waals surface area (Å²) in [4.78, 5) is 13.8. The fraction of sp³-hybridized carbons (Fsp3) is 0.455. The first-order valence-corrected chi connectivity index (χ1v) is 5.10. The second kappa shape index (κ2) is 4.40. The largest absolute Gasteiger partial charge is 0.378 e. The van der Waals surface area contributed by atoms with Crippen molar-refractivity contribution in [2.75, 3.05) is 26.3 Å². The van der Waals surface area contributed by atoms with Gasteiger partial charge in [0.05, 0.1) is 13.2 Å². The summed E-state index contributed by atoms with van der Waals surface area (Å²) in [6.07, 6.45) is 3.76. The average Bonchev–Trinajstić information content (AvgIpc) is 2.29. The highest BCUT2D eigenvalue weighted by molar-refractivity contribution is 5.93. The zero-order valence-electron chi connectivity index (χ0n) is 8.85. The molecule has 2 rings (SSSR count). The molecule has 0 aliphatic carbocycles. The SMILES string of the molecule is C[n+]1cccc(C(=O)N2CCOCC2)c1. The Balaban J connectivity index is 2.12. The van der Waals surface area contributed by atoms with E-state index in [0.29, 0.717) is 26.3 Å². The van der Waals surface area contributed by atoms with E-state index in [1.54, 1.807) is 0 Å². The topological polar surface area (TPSA) is 33.4 Å². The Labute approximate surface area is 89.1 Å². The van der Waals surface area contributed by atoms with Gasteiger partial charge in [0.25, 0.3) is 5.91 Å². The van der Waals surface area contributed by atoms with E-state index in [1.165, 1.54) is 0 Å². The monoisotopic (exact) mass is 207 g/mol. The van der Waals surface area contributed by atoms with Crippen LogP contribution in [0.5, 0.6) is 0 Å². The Morgan fingerprint density at radius 3 is 2.87 bits per heavy atom. The Morgan fingerprint density at radius 2 is 2.20 bits per heavy atom. The van der Waals surface area contributed by atoms with Gasteiger partial charge in [-0.25, -0.2) is 4.57 Å². The van der Waals surface area contributed by atoms with E-state index in [-0.39, 0.29) is 5.91 Å². The first-order chi connectivity index (χ1) is 7.27. The number of carbonyl (C=O) groups is 1. The predicted octanol–water partition coefficient (Wildman–Crippen LogP) is -0.0165. The van der Waals surface area contributed by atoms with Crippen molar-refractivity contribution in [1.82, 2.24) is 4.90 Å². The summed E-state index contributed by atoms with van der Waals surface area (Å²) < 4.78 is 7.09. The highest BCUT2D eigenvalue weighted by Crippen LogP contribution is 2.04. The lowest BCUT2D eigenvalue weighted by Gasteiger charge is -2.26. The van der Waals surface area contributed by atoms with Crippen molar-refractivity contribution in [2.24, 2.45) is 7.05 Å². The van der Waals surface area contributed by atoms with Crippen molar-refractivity contribution >= 4 is 5.91 Å². The molecule has 0 saturated carbocycles. The van der Waals surface area contributed by atoms with Gasteiger partial charge in [-0.3, -0.25) is 4.79 Å². The highest BCUT2D eigenvalue weighted by atomic mass is 16.5. The maximum atomic E-state index is 12.0. The number of aryl methyl sites for hydroxylation is 1. The number of carbonyl (C=O) groups excluding carboxylic acids is 1. The number of hydrogen-bond acceptors (Lipinski definition) is 2. The van der Waals surface area contributed by atoms with Crippen LogP contribution in [0.1, 0.15) is 10.4 Å². The number of rotatable bonds is 1. The first kappa shape index (κ1) is 10.1. The van der Waals surface area contributed by atoms with Crippen molar-refractivity contribution < 1.29 is 14.1 Å². The third-order valence-electron chi connectivity index (χ3n) is 2.48. The van der Waals surface area contributed by atoms with E-state index in [0.717, 1.165) is 5.56 Å². The number of aromatic nitrogens is 1. The summed E-state index contributed by atoms with van der Waals surface area (Å²) in [6.45, 7) is 2.67. The van der Waals surface area contributed by atoms with Crippen LogP contribution in [-0.4, -0.2) is 37.1 Å². The van der Waals surface area contributed by atoms with Crippen molar-refractivity contribution in [3.05, 3.63) is 30.1 Å². The Morgan fingerprint density at radius 1 is 1.47 bits per heavy atom. The summed E-state index contributed by atoms with van der Waals surface area (Å²) in [5.74, 6) is 0.0921. The maximum Gasteiger partial charge on any atom is 0.260 e. The molecular weight excluding hydrogens is 192 g/mol. The van der Waals surface area contributed by atoms with E-state index in [2.05, 4.69) is 0 Å². The average molecular weight is 207 g/mol. The zero-order chi connectivity index (χ0) is 10.7. The number of morpholine rings is 1. The molecule has 4 nitrogen and oxygen atoms in total. The molecule has 0 N–H and O–H groups in total. The fourth-order valence-corrected chi connectivity index (χ4v) is 1.66. The smallest absolute Gasteiger partial charge is 0.260 e. The van der Waals surface area contributed by atoms with Crippen LogP contribution in [0.15, 0.2) is 24.5 Å². The minimum Gasteiger partial charge on any atom is -0.378 e. The van der Waals surface area contributed by atoms with Crippen LogP contribution in [0.3, 0.4) is 0 Å². The fourth-order valence-electron chi connectivity index (χ4n) is 1.66. The molecule has 1 saturated heterocycles. The van der Waals surface area contributed by atoms with E-state index in [4.69, 9.17) is 4.74 Å². The van der Waals surface area contributed by atoms with Crippen LogP contribution in [0.4, 0.5) is 0 Å². The van der Waals surface area contributed by atoms with Gasteiger partial charge in [0.2, 0.25) is 0 Å². The van der Waals surface area contributed by atoms with E-state index >= 15 is 0 Å². The summed E-state index contributed by atoms with van der Waals surface area (Å²) in [7, 11) is 1.91. The molecule has 4 heteroatoms. The maximum absolute atomic E-state index is 12.0. The van der Waals surface area contributed by atoms with Gasteiger partial charge in [-0.15, -0.1) is 0 Å². The van der Waals surface area contributed by atoms with Crippen LogP contribution in [0, 0.1) is 0 Å². The molecule has 1 fully saturated rings. The second-order valence-corrected chi connectivity index (χ2v) is 3.66. The zero-order valence-corrected chi connectivity index (χ0v) is 8.85. The van der Waals surface area contributed by atoms with Crippen LogP contribution < -0.4 is 4.57 Å². The molecule has 1 amide bonds. The van der Waals surface area contributed by atoms with Gasteiger partial charge >= 0.3 is 0 Å². The molecule has 0 bridgehead atoms. The van der Waals surface area contributed by atoms with E-state index in [9.17, 15) is 4.79 Å². The molecular formula is C11H15N2O2+. The molecule has 0 aromatic carbocycles. The number of amides is 1. The minimum atomic E-state index is 0.0921. The summed E-state index contributed by atoms with van der Waals surface area (Å²) in [5.41, 5.74) is 0.738. The molecule has 2 heterocycles. The van der Waals surface area contributed by atoms with Gasteiger partial charge in [-0.05, 0) is 6.07 Å². The molecule has 0 spiro atoms. The first-order valence-electron chi connectivity index (χ1n) is 5.10. The minimum absolute atomic E-state index is 0.0921. The highest BCUT2D eigenvalue weighted by Gasteiger charge is 2.19. The van der Waals surface area contributed by atoms with Crippen LogP contribution in [0.2, 0.25) is 0 Å². The normalized spacial score (nSPS) is 16.5. The van der Waals surface area contributed by atoms with Gasteiger partial charge in [0, 0.05) is 19.2 Å². The van der Waals surface area contributed by atoms with Crippen LogP contribution >= 0.6 is 0 Å². The number of nitrogens with zero attached hydrogens (tertiary/aromatic N) is 2. The van der Waals surface area contributed by atoms with Gasteiger partial charge in [0.15, 0.2) is 12.4 Å². The summed E-state index contributed by atoms with van der Waals surface area (Å²) in [5, 5.41) is 0. The predicted molar refractivity (Wildman–Crippen MR) is 54.3 cm³/mol. The number of ether oxygens (including phenoxy) is 1. The Kier molecular flexibility index (Phi) is 2.97. The quantitative estimate of drug-likeness (QED) is 0.607. The molecule has 1 aromatic rings.